The van der Waals surface area contributed by atoms with Gasteiger partial charge in [0.1, 0.15) is 5.69 Å². The number of nitrogens with zero attached hydrogens (tertiary/aromatic N) is 3. The van der Waals surface area contributed by atoms with Crippen molar-refractivity contribution >= 4 is 18.4 Å². The molecular weight excluding hydrogens is 299 g/mol. The molecule has 0 aliphatic rings. The molecule has 1 rings (SSSR count). The van der Waals surface area contributed by atoms with Gasteiger partial charge in [0, 0.05) is 19.2 Å². The number of hydrogen-bond acceptors (Lipinski definition) is 3. The molecule has 0 spiro atoms. The lowest BCUT2D eigenvalue weighted by Crippen LogP contribution is -2.31. The van der Waals surface area contributed by atoms with Crippen LogP contribution in [0.2, 0.25) is 0 Å². The average Bonchev–Trinajstić information content (AvgIpc) is 2.58. The second-order valence-corrected chi connectivity index (χ2v) is 4.24. The van der Waals surface area contributed by atoms with Gasteiger partial charge in [0.25, 0.3) is 0 Å². The third-order valence-corrected chi connectivity index (χ3v) is 2.58. The molecule has 20 heavy (non-hydrogen) atoms. The number of carboxylic acid groups (broad SMARTS) is 1. The second-order valence-electron chi connectivity index (χ2n) is 4.24. The summed E-state index contributed by atoms with van der Waals surface area (Å²) in [5.74, 6) is -1.06. The molecule has 0 atom stereocenters. The minimum Gasteiger partial charge on any atom is -0.480 e. The molecule has 9 heteroatoms. The van der Waals surface area contributed by atoms with Crippen molar-refractivity contribution in [2.45, 2.75) is 26.1 Å². The van der Waals surface area contributed by atoms with Gasteiger partial charge in [-0.3, -0.25) is 14.4 Å². The van der Waals surface area contributed by atoms with Gasteiger partial charge in [0.2, 0.25) is 0 Å². The van der Waals surface area contributed by atoms with Crippen LogP contribution < -0.4 is 0 Å². The third-order valence-electron chi connectivity index (χ3n) is 2.58. The minimum atomic E-state index is -4.50. The smallest absolute Gasteiger partial charge is 0.433 e. The number of carboxylic acids is 1. The molecule has 1 aromatic heterocycles. The van der Waals surface area contributed by atoms with Crippen molar-refractivity contribution < 1.29 is 23.1 Å². The Bertz CT molecular complexity index is 449. The fourth-order valence-corrected chi connectivity index (χ4v) is 1.93. The van der Waals surface area contributed by atoms with E-state index in [-0.39, 0.29) is 31.1 Å². The van der Waals surface area contributed by atoms with Gasteiger partial charge < -0.3 is 5.11 Å². The van der Waals surface area contributed by atoms with E-state index < -0.39 is 17.8 Å². The highest BCUT2D eigenvalue weighted by atomic mass is 35.5. The van der Waals surface area contributed by atoms with Crippen LogP contribution in [0.5, 0.6) is 0 Å². The van der Waals surface area contributed by atoms with E-state index in [1.165, 1.54) is 11.9 Å². The molecule has 0 saturated heterocycles. The van der Waals surface area contributed by atoms with E-state index in [1.54, 1.807) is 0 Å². The quantitative estimate of drug-likeness (QED) is 0.874. The van der Waals surface area contributed by atoms with Crippen LogP contribution in [0.1, 0.15) is 24.6 Å². The predicted octanol–water partition coefficient (Wildman–Crippen LogP) is 2.16. The normalized spacial score (nSPS) is 11.5. The summed E-state index contributed by atoms with van der Waals surface area (Å²) in [5, 5.41) is 12.3. The van der Waals surface area contributed by atoms with Gasteiger partial charge in [-0.05, 0) is 13.0 Å². The number of aromatic nitrogens is 2. The Morgan fingerprint density at radius 2 is 2.10 bits per heavy atom. The lowest BCUT2D eigenvalue weighted by molar-refractivity contribution is -0.144. The molecule has 0 radical (unpaired) electrons. The maximum Gasteiger partial charge on any atom is 0.433 e. The standard InChI is InChI=1S/C11H16F3N3O2.ClH/c1-3-4-17(7-9(18)19)6-8-5-15-16(2)10(8)11(12,13)14;/h5H,3-4,6-7H2,1-2H3,(H,18,19);1H. The van der Waals surface area contributed by atoms with Gasteiger partial charge in [0.15, 0.2) is 0 Å². The lowest BCUT2D eigenvalue weighted by Gasteiger charge is -2.20. The number of alkyl halides is 3. The summed E-state index contributed by atoms with van der Waals surface area (Å²) in [4.78, 5) is 12.1. The van der Waals surface area contributed by atoms with E-state index in [9.17, 15) is 18.0 Å². The Kier molecular flexibility index (Phi) is 7.01. The van der Waals surface area contributed by atoms with E-state index in [0.29, 0.717) is 13.0 Å². The molecule has 1 N–H and O–H groups in total. The van der Waals surface area contributed by atoms with E-state index in [4.69, 9.17) is 5.11 Å². The van der Waals surface area contributed by atoms with E-state index in [2.05, 4.69) is 5.10 Å². The summed E-state index contributed by atoms with van der Waals surface area (Å²) in [5.41, 5.74) is -0.844. The first-order chi connectivity index (χ1) is 8.75. The highest BCUT2D eigenvalue weighted by molar-refractivity contribution is 5.85. The van der Waals surface area contributed by atoms with Crippen LogP contribution in [0.4, 0.5) is 13.2 Å². The molecule has 1 heterocycles. The molecule has 1 aromatic rings. The van der Waals surface area contributed by atoms with E-state index >= 15 is 0 Å². The van der Waals surface area contributed by atoms with Crippen molar-refractivity contribution in [2.75, 3.05) is 13.1 Å². The van der Waals surface area contributed by atoms with Crippen LogP contribution >= 0.6 is 12.4 Å². The number of hydrogen-bond donors (Lipinski definition) is 1. The molecule has 0 unspecified atom stereocenters. The molecule has 0 bridgehead atoms. The van der Waals surface area contributed by atoms with Gasteiger partial charge in [-0.25, -0.2) is 0 Å². The summed E-state index contributed by atoms with van der Waals surface area (Å²) in [6.45, 7) is 1.88. The van der Waals surface area contributed by atoms with Crippen molar-refractivity contribution in [3.63, 3.8) is 0 Å². The predicted molar refractivity (Wildman–Crippen MR) is 68.7 cm³/mol. The highest BCUT2D eigenvalue weighted by Gasteiger charge is 2.37. The molecule has 0 fully saturated rings. The van der Waals surface area contributed by atoms with Crippen LogP contribution in [0.15, 0.2) is 6.20 Å². The first-order valence-corrected chi connectivity index (χ1v) is 5.78. The van der Waals surface area contributed by atoms with Crippen LogP contribution in [-0.4, -0.2) is 38.8 Å². The first kappa shape index (κ1) is 18.7. The van der Waals surface area contributed by atoms with Gasteiger partial charge in [-0.2, -0.15) is 18.3 Å². The summed E-state index contributed by atoms with van der Waals surface area (Å²) >= 11 is 0. The molecule has 116 valence electrons. The second kappa shape index (κ2) is 7.49. The van der Waals surface area contributed by atoms with Crippen molar-refractivity contribution in [1.82, 2.24) is 14.7 Å². The number of carbonyl (C=O) groups is 1. The topological polar surface area (TPSA) is 58.4 Å². The third kappa shape index (κ3) is 5.01. The van der Waals surface area contributed by atoms with Gasteiger partial charge in [0.05, 0.1) is 12.7 Å². The first-order valence-electron chi connectivity index (χ1n) is 5.78. The molecule has 5 nitrogen and oxygen atoms in total. The zero-order chi connectivity index (χ0) is 14.6. The van der Waals surface area contributed by atoms with Crippen molar-refractivity contribution in [1.29, 1.82) is 0 Å². The Morgan fingerprint density at radius 3 is 2.55 bits per heavy atom. The molecule has 0 saturated carbocycles. The summed E-state index contributed by atoms with van der Waals surface area (Å²) in [6, 6.07) is 0. The van der Waals surface area contributed by atoms with Crippen molar-refractivity contribution in [2.24, 2.45) is 7.05 Å². The average molecular weight is 316 g/mol. The largest absolute Gasteiger partial charge is 0.480 e. The van der Waals surface area contributed by atoms with Crippen molar-refractivity contribution in [3.8, 4) is 0 Å². The van der Waals surface area contributed by atoms with Gasteiger partial charge in [-0.15, -0.1) is 12.4 Å². The Hall–Kier alpha value is -1.28. The van der Waals surface area contributed by atoms with Crippen LogP contribution in [0.3, 0.4) is 0 Å². The molecule has 0 aliphatic heterocycles. The van der Waals surface area contributed by atoms with Crippen LogP contribution in [0, 0.1) is 0 Å². The number of aliphatic carboxylic acids is 1. The van der Waals surface area contributed by atoms with Crippen LogP contribution in [0.25, 0.3) is 0 Å². The molecule has 0 amide bonds. The minimum absolute atomic E-state index is 0. The molecule has 0 aromatic carbocycles. The fourth-order valence-electron chi connectivity index (χ4n) is 1.93. The van der Waals surface area contributed by atoms with Gasteiger partial charge >= 0.3 is 12.1 Å². The SMILES string of the molecule is CCCN(CC(=O)O)Cc1cnn(C)c1C(F)(F)F.Cl. The monoisotopic (exact) mass is 315 g/mol. The molecule has 0 aliphatic carbocycles. The van der Waals surface area contributed by atoms with E-state index in [0.717, 1.165) is 10.9 Å². The number of rotatable bonds is 6. The summed E-state index contributed by atoms with van der Waals surface area (Å²) in [7, 11) is 1.22. The van der Waals surface area contributed by atoms with Crippen LogP contribution in [-0.2, 0) is 24.6 Å². The Labute approximate surface area is 120 Å². The fraction of sp³-hybridized carbons (Fsp3) is 0.636. The van der Waals surface area contributed by atoms with Gasteiger partial charge in [-0.1, -0.05) is 6.92 Å². The molecular formula is C11H17ClF3N3O2. The zero-order valence-electron chi connectivity index (χ0n) is 11.1. The Balaban J connectivity index is 0.00000361. The zero-order valence-corrected chi connectivity index (χ0v) is 12.0. The number of aryl methyl sites for hydroxylation is 1. The van der Waals surface area contributed by atoms with E-state index in [1.807, 2.05) is 6.92 Å². The maximum absolute atomic E-state index is 12.8. The van der Waals surface area contributed by atoms with Crippen molar-refractivity contribution in [3.05, 3.63) is 17.5 Å². The number of halogens is 4. The summed E-state index contributed by atoms with van der Waals surface area (Å²) in [6.07, 6.45) is -2.70. The highest BCUT2D eigenvalue weighted by Crippen LogP contribution is 2.32. The summed E-state index contributed by atoms with van der Waals surface area (Å²) < 4.78 is 39.3. The lowest BCUT2D eigenvalue weighted by atomic mass is 10.2. The Morgan fingerprint density at radius 1 is 1.50 bits per heavy atom. The maximum atomic E-state index is 12.8.